The van der Waals surface area contributed by atoms with Crippen LogP contribution in [0, 0.1) is 6.92 Å². The van der Waals surface area contributed by atoms with Crippen molar-refractivity contribution in [1.29, 1.82) is 0 Å². The molecule has 0 aliphatic heterocycles. The Morgan fingerprint density at radius 2 is 1.70 bits per heavy atom. The molecule has 2 heterocycles. The molecule has 0 aliphatic rings. The van der Waals surface area contributed by atoms with Gasteiger partial charge < -0.3 is 14.8 Å². The van der Waals surface area contributed by atoms with Crippen LogP contribution in [-0.2, 0) is 13.1 Å². The number of methoxy groups -OCH3 is 2. The lowest BCUT2D eigenvalue weighted by molar-refractivity contribution is 0.359. The molecule has 0 amide bonds. The van der Waals surface area contributed by atoms with Crippen molar-refractivity contribution in [2.24, 2.45) is 0 Å². The summed E-state index contributed by atoms with van der Waals surface area (Å²) in [6.45, 7) is 3.23. The van der Waals surface area contributed by atoms with Gasteiger partial charge >= 0.3 is 0 Å². The quantitative estimate of drug-likeness (QED) is 0.860. The van der Waals surface area contributed by atoms with Crippen LogP contribution in [0.4, 0.5) is 0 Å². The van der Waals surface area contributed by atoms with Crippen molar-refractivity contribution in [2.45, 2.75) is 20.0 Å². The zero-order chi connectivity index (χ0) is 14.4. The zero-order valence-electron chi connectivity index (χ0n) is 11.9. The Balaban J connectivity index is 2.01. The third-order valence-corrected chi connectivity index (χ3v) is 2.86. The summed E-state index contributed by atoms with van der Waals surface area (Å²) in [6, 6.07) is 4.04. The van der Waals surface area contributed by atoms with Gasteiger partial charge in [-0.1, -0.05) is 6.07 Å². The van der Waals surface area contributed by atoms with Crippen LogP contribution in [-0.4, -0.2) is 29.2 Å². The first-order valence-corrected chi connectivity index (χ1v) is 6.28. The summed E-state index contributed by atoms with van der Waals surface area (Å²) < 4.78 is 10.4. The molecule has 6 heteroatoms. The lowest BCUT2D eigenvalue weighted by atomic mass is 10.2. The van der Waals surface area contributed by atoms with Crippen LogP contribution in [0.2, 0.25) is 0 Å². The lowest BCUT2D eigenvalue weighted by Gasteiger charge is -2.11. The minimum Gasteiger partial charge on any atom is -0.481 e. The van der Waals surface area contributed by atoms with Crippen LogP contribution in [0.1, 0.15) is 16.8 Å². The minimum atomic E-state index is 0.520. The first-order valence-electron chi connectivity index (χ1n) is 6.28. The Bertz CT molecular complexity index is 535. The molecule has 0 aliphatic carbocycles. The Kier molecular flexibility index (Phi) is 4.84. The SMILES string of the molecule is COc1ncnc(OC)c1CNCc1ccc(C)nc1. The second-order valence-corrected chi connectivity index (χ2v) is 4.28. The highest BCUT2D eigenvalue weighted by molar-refractivity contribution is 5.34. The standard InChI is InChI=1S/C14H18N4O2/c1-10-4-5-11(7-16-10)6-15-8-12-13(19-2)17-9-18-14(12)20-3/h4-5,7,9,15H,6,8H2,1-3H3. The van der Waals surface area contributed by atoms with Crippen molar-refractivity contribution in [3.63, 3.8) is 0 Å². The second-order valence-electron chi connectivity index (χ2n) is 4.28. The molecule has 20 heavy (non-hydrogen) atoms. The molecule has 6 nitrogen and oxygen atoms in total. The molecule has 106 valence electrons. The monoisotopic (exact) mass is 274 g/mol. The summed E-state index contributed by atoms with van der Waals surface area (Å²) in [4.78, 5) is 12.4. The Hall–Kier alpha value is -2.21. The Labute approximate surface area is 118 Å². The van der Waals surface area contributed by atoms with Crippen LogP contribution < -0.4 is 14.8 Å². The van der Waals surface area contributed by atoms with Crippen LogP contribution in [0.5, 0.6) is 11.8 Å². The first-order chi connectivity index (χ1) is 9.74. The maximum absolute atomic E-state index is 5.22. The third kappa shape index (κ3) is 3.42. The first kappa shape index (κ1) is 14.2. The highest BCUT2D eigenvalue weighted by atomic mass is 16.5. The van der Waals surface area contributed by atoms with Gasteiger partial charge in [-0.15, -0.1) is 0 Å². The van der Waals surface area contributed by atoms with E-state index in [1.54, 1.807) is 14.2 Å². The van der Waals surface area contributed by atoms with Crippen molar-refractivity contribution in [2.75, 3.05) is 14.2 Å². The van der Waals surface area contributed by atoms with Crippen LogP contribution >= 0.6 is 0 Å². The van der Waals surface area contributed by atoms with Gasteiger partial charge in [-0.25, -0.2) is 9.97 Å². The molecule has 0 saturated heterocycles. The predicted octanol–water partition coefficient (Wildman–Crippen LogP) is 1.49. The molecule has 0 atom stereocenters. The van der Waals surface area contributed by atoms with Crippen molar-refractivity contribution in [3.8, 4) is 11.8 Å². The maximum atomic E-state index is 5.22. The van der Waals surface area contributed by atoms with Crippen molar-refractivity contribution in [3.05, 3.63) is 41.5 Å². The number of ether oxygens (including phenoxy) is 2. The van der Waals surface area contributed by atoms with Crippen LogP contribution in [0.3, 0.4) is 0 Å². The maximum Gasteiger partial charge on any atom is 0.224 e. The van der Waals surface area contributed by atoms with Gasteiger partial charge in [-0.05, 0) is 18.6 Å². The number of nitrogens with one attached hydrogen (secondary N) is 1. The summed E-state index contributed by atoms with van der Waals surface area (Å²) in [5.41, 5.74) is 2.93. The number of hydrogen-bond acceptors (Lipinski definition) is 6. The summed E-state index contributed by atoms with van der Waals surface area (Å²) in [6.07, 6.45) is 3.28. The van der Waals surface area contributed by atoms with Crippen LogP contribution in [0.15, 0.2) is 24.7 Å². The van der Waals surface area contributed by atoms with E-state index in [-0.39, 0.29) is 0 Å². The van der Waals surface area contributed by atoms with Crippen molar-refractivity contribution in [1.82, 2.24) is 20.3 Å². The summed E-state index contributed by atoms with van der Waals surface area (Å²) >= 11 is 0. The molecule has 2 aromatic rings. The van der Waals surface area contributed by atoms with Gasteiger partial charge in [0, 0.05) is 25.0 Å². The van der Waals surface area contributed by atoms with Crippen molar-refractivity contribution < 1.29 is 9.47 Å². The highest BCUT2D eigenvalue weighted by Crippen LogP contribution is 2.22. The molecule has 1 N–H and O–H groups in total. The van der Waals surface area contributed by atoms with E-state index in [1.165, 1.54) is 6.33 Å². The molecule has 0 bridgehead atoms. The molecule has 2 aromatic heterocycles. The van der Waals surface area contributed by atoms with E-state index in [2.05, 4.69) is 20.3 Å². The minimum absolute atomic E-state index is 0.520. The average Bonchev–Trinajstić information content (AvgIpc) is 2.49. The molecular weight excluding hydrogens is 256 g/mol. The lowest BCUT2D eigenvalue weighted by Crippen LogP contribution is -2.15. The molecular formula is C14H18N4O2. The highest BCUT2D eigenvalue weighted by Gasteiger charge is 2.12. The van der Waals surface area contributed by atoms with E-state index in [9.17, 15) is 0 Å². The Morgan fingerprint density at radius 1 is 1.00 bits per heavy atom. The zero-order valence-corrected chi connectivity index (χ0v) is 11.9. The average molecular weight is 274 g/mol. The second kappa shape index (κ2) is 6.81. The van der Waals surface area contributed by atoms with Gasteiger partial charge in [0.05, 0.1) is 19.8 Å². The van der Waals surface area contributed by atoms with Gasteiger partial charge in [-0.3, -0.25) is 4.98 Å². The van der Waals surface area contributed by atoms with E-state index in [0.717, 1.165) is 16.8 Å². The topological polar surface area (TPSA) is 69.2 Å². The summed E-state index contributed by atoms with van der Waals surface area (Å²) in [7, 11) is 3.16. The van der Waals surface area contributed by atoms with Crippen LogP contribution in [0.25, 0.3) is 0 Å². The normalized spacial score (nSPS) is 10.3. The molecule has 0 saturated carbocycles. The number of aryl methyl sites for hydroxylation is 1. The van der Waals surface area contributed by atoms with Gasteiger partial charge in [0.2, 0.25) is 11.8 Å². The molecule has 0 fully saturated rings. The van der Waals surface area contributed by atoms with Gasteiger partial charge in [0.25, 0.3) is 0 Å². The summed E-state index contributed by atoms with van der Waals surface area (Å²) in [5, 5.41) is 3.31. The number of hydrogen-bond donors (Lipinski definition) is 1. The summed E-state index contributed by atoms with van der Waals surface area (Å²) in [5.74, 6) is 1.04. The fourth-order valence-corrected chi connectivity index (χ4v) is 1.82. The number of nitrogens with zero attached hydrogens (tertiary/aromatic N) is 3. The van der Waals surface area contributed by atoms with E-state index in [0.29, 0.717) is 24.8 Å². The smallest absolute Gasteiger partial charge is 0.224 e. The van der Waals surface area contributed by atoms with Gasteiger partial charge in [0.1, 0.15) is 6.33 Å². The fraction of sp³-hybridized carbons (Fsp3) is 0.357. The van der Waals surface area contributed by atoms with E-state index >= 15 is 0 Å². The fourth-order valence-electron chi connectivity index (χ4n) is 1.82. The molecule has 0 radical (unpaired) electrons. The largest absolute Gasteiger partial charge is 0.481 e. The Morgan fingerprint density at radius 3 is 2.25 bits per heavy atom. The molecule has 0 aromatic carbocycles. The molecule has 0 unspecified atom stereocenters. The van der Waals surface area contributed by atoms with E-state index < -0.39 is 0 Å². The molecule has 2 rings (SSSR count). The number of aromatic nitrogens is 3. The van der Waals surface area contributed by atoms with Gasteiger partial charge in [0.15, 0.2) is 0 Å². The predicted molar refractivity (Wildman–Crippen MR) is 74.7 cm³/mol. The number of pyridine rings is 1. The van der Waals surface area contributed by atoms with Gasteiger partial charge in [-0.2, -0.15) is 0 Å². The molecule has 0 spiro atoms. The third-order valence-electron chi connectivity index (χ3n) is 2.86. The number of rotatable bonds is 6. The van der Waals surface area contributed by atoms with Crippen molar-refractivity contribution >= 4 is 0 Å². The van der Waals surface area contributed by atoms with E-state index in [4.69, 9.17) is 9.47 Å². The van der Waals surface area contributed by atoms with E-state index in [1.807, 2.05) is 25.3 Å².